The molecule has 144 valence electrons. The van der Waals surface area contributed by atoms with Crippen molar-refractivity contribution >= 4 is 33.1 Å². The first-order chi connectivity index (χ1) is 13.4. The lowest BCUT2D eigenvalue weighted by atomic mass is 10.2. The monoisotopic (exact) mass is 399 g/mol. The average Bonchev–Trinajstić information content (AvgIpc) is 2.69. The first-order valence-corrected chi connectivity index (χ1v) is 9.74. The molecule has 0 saturated carbocycles. The second-order valence-electron chi connectivity index (χ2n) is 5.95. The number of carbonyl (C=O) groups is 1. The third-order valence-electron chi connectivity index (χ3n) is 3.85. The highest BCUT2D eigenvalue weighted by Gasteiger charge is 2.15. The van der Waals surface area contributed by atoms with Gasteiger partial charge in [0.05, 0.1) is 28.6 Å². The van der Waals surface area contributed by atoms with Gasteiger partial charge in [0.1, 0.15) is 11.8 Å². The van der Waals surface area contributed by atoms with E-state index in [1.165, 1.54) is 18.4 Å². The number of hydrogen-bond acceptors (Lipinski definition) is 6. The SMILES string of the molecule is Cc1ccc(S(=O)(=O)NCC(=O)NN=Cc2coc3ccccc3c2=O)cc1. The molecule has 0 spiro atoms. The van der Waals surface area contributed by atoms with Crippen molar-refractivity contribution in [3.05, 3.63) is 76.1 Å². The molecule has 3 rings (SSSR count). The highest BCUT2D eigenvalue weighted by Crippen LogP contribution is 2.10. The van der Waals surface area contributed by atoms with Crippen LogP contribution in [0.2, 0.25) is 0 Å². The Labute approximate surface area is 160 Å². The number of fused-ring (bicyclic) bond motifs is 1. The van der Waals surface area contributed by atoms with Crippen LogP contribution >= 0.6 is 0 Å². The molecule has 28 heavy (non-hydrogen) atoms. The molecule has 0 aliphatic carbocycles. The second-order valence-corrected chi connectivity index (χ2v) is 7.71. The van der Waals surface area contributed by atoms with Crippen molar-refractivity contribution in [2.75, 3.05) is 6.54 Å². The average molecular weight is 399 g/mol. The van der Waals surface area contributed by atoms with Gasteiger partial charge in [0.25, 0.3) is 5.91 Å². The van der Waals surface area contributed by atoms with E-state index in [4.69, 9.17) is 4.42 Å². The number of hydrazone groups is 1. The summed E-state index contributed by atoms with van der Waals surface area (Å²) in [7, 11) is -3.81. The molecule has 0 unspecified atom stereocenters. The van der Waals surface area contributed by atoms with Gasteiger partial charge in [0, 0.05) is 0 Å². The Morgan fingerprint density at radius 2 is 1.86 bits per heavy atom. The lowest BCUT2D eigenvalue weighted by Gasteiger charge is -2.06. The number of aryl methyl sites for hydroxylation is 1. The first kappa shape index (κ1) is 19.5. The van der Waals surface area contributed by atoms with Gasteiger partial charge in [0.15, 0.2) is 0 Å². The number of amides is 1. The van der Waals surface area contributed by atoms with E-state index in [0.29, 0.717) is 11.0 Å². The largest absolute Gasteiger partial charge is 0.463 e. The van der Waals surface area contributed by atoms with E-state index in [9.17, 15) is 18.0 Å². The molecule has 3 aromatic rings. The lowest BCUT2D eigenvalue weighted by Crippen LogP contribution is -2.35. The van der Waals surface area contributed by atoms with Gasteiger partial charge in [-0.25, -0.2) is 18.6 Å². The van der Waals surface area contributed by atoms with Crippen molar-refractivity contribution in [1.82, 2.24) is 10.1 Å². The normalized spacial score (nSPS) is 11.8. The number of rotatable bonds is 6. The zero-order valence-corrected chi connectivity index (χ0v) is 15.7. The minimum atomic E-state index is -3.81. The van der Waals surface area contributed by atoms with Crippen molar-refractivity contribution in [2.24, 2.45) is 5.10 Å². The maximum absolute atomic E-state index is 12.3. The third kappa shape index (κ3) is 4.51. The van der Waals surface area contributed by atoms with E-state index >= 15 is 0 Å². The Hall–Kier alpha value is -3.30. The van der Waals surface area contributed by atoms with Crippen LogP contribution in [0.1, 0.15) is 11.1 Å². The van der Waals surface area contributed by atoms with E-state index in [0.717, 1.165) is 11.8 Å². The minimum Gasteiger partial charge on any atom is -0.463 e. The number of nitrogens with zero attached hydrogens (tertiary/aromatic N) is 1. The fourth-order valence-electron chi connectivity index (χ4n) is 2.36. The van der Waals surface area contributed by atoms with E-state index in [1.807, 2.05) is 6.92 Å². The van der Waals surface area contributed by atoms with Gasteiger partial charge in [-0.3, -0.25) is 9.59 Å². The van der Waals surface area contributed by atoms with Crippen molar-refractivity contribution in [2.45, 2.75) is 11.8 Å². The Bertz CT molecular complexity index is 1200. The summed E-state index contributed by atoms with van der Waals surface area (Å²) in [5, 5.41) is 4.07. The van der Waals surface area contributed by atoms with Crippen LogP contribution in [0.5, 0.6) is 0 Å². The predicted octanol–water partition coefficient (Wildman–Crippen LogP) is 1.53. The molecule has 1 heterocycles. The van der Waals surface area contributed by atoms with Crippen LogP contribution in [0.15, 0.2) is 74.0 Å². The molecule has 0 bridgehead atoms. The number of nitrogens with one attached hydrogen (secondary N) is 2. The van der Waals surface area contributed by atoms with E-state index in [-0.39, 0.29) is 15.9 Å². The third-order valence-corrected chi connectivity index (χ3v) is 5.27. The number of sulfonamides is 1. The summed E-state index contributed by atoms with van der Waals surface area (Å²) < 4.78 is 31.8. The van der Waals surface area contributed by atoms with Crippen LogP contribution in [-0.4, -0.2) is 27.1 Å². The van der Waals surface area contributed by atoms with Crippen molar-refractivity contribution < 1.29 is 17.6 Å². The molecule has 0 radical (unpaired) electrons. The summed E-state index contributed by atoms with van der Waals surface area (Å²) in [5.74, 6) is -0.683. The molecule has 2 aromatic carbocycles. The molecule has 0 saturated heterocycles. The van der Waals surface area contributed by atoms with Crippen LogP contribution in [0.25, 0.3) is 11.0 Å². The fourth-order valence-corrected chi connectivity index (χ4v) is 3.34. The van der Waals surface area contributed by atoms with Crippen molar-refractivity contribution in [3.8, 4) is 0 Å². The maximum Gasteiger partial charge on any atom is 0.255 e. The molecule has 0 aliphatic heterocycles. The second kappa shape index (κ2) is 8.15. The van der Waals surface area contributed by atoms with Gasteiger partial charge < -0.3 is 4.42 Å². The van der Waals surface area contributed by atoms with Crippen LogP contribution in [0, 0.1) is 6.92 Å². The van der Waals surface area contributed by atoms with E-state index in [2.05, 4.69) is 15.2 Å². The van der Waals surface area contributed by atoms with Gasteiger partial charge >= 0.3 is 0 Å². The molecule has 8 nitrogen and oxygen atoms in total. The molecule has 0 fully saturated rings. The number of benzene rings is 2. The lowest BCUT2D eigenvalue weighted by molar-refractivity contribution is -0.119. The summed E-state index contributed by atoms with van der Waals surface area (Å²) in [4.78, 5) is 24.2. The topological polar surface area (TPSA) is 118 Å². The maximum atomic E-state index is 12.3. The number of carbonyl (C=O) groups excluding carboxylic acids is 1. The molecule has 9 heteroatoms. The Morgan fingerprint density at radius 3 is 2.61 bits per heavy atom. The summed E-state index contributed by atoms with van der Waals surface area (Å²) in [6.45, 7) is 1.34. The Morgan fingerprint density at radius 1 is 1.14 bits per heavy atom. The van der Waals surface area contributed by atoms with E-state index in [1.54, 1.807) is 36.4 Å². The van der Waals surface area contributed by atoms with E-state index < -0.39 is 22.5 Å². The molecular weight excluding hydrogens is 382 g/mol. The smallest absolute Gasteiger partial charge is 0.255 e. The highest BCUT2D eigenvalue weighted by atomic mass is 32.2. The van der Waals surface area contributed by atoms with Crippen LogP contribution < -0.4 is 15.6 Å². The minimum absolute atomic E-state index is 0.0585. The van der Waals surface area contributed by atoms with Gasteiger partial charge in [-0.05, 0) is 31.2 Å². The number of para-hydroxylation sites is 1. The zero-order chi connectivity index (χ0) is 20.1. The molecular formula is C19H17N3O5S. The molecule has 1 aromatic heterocycles. The van der Waals surface area contributed by atoms with Gasteiger partial charge in [0.2, 0.25) is 15.5 Å². The standard InChI is InChI=1S/C19H17N3O5S/c1-13-6-8-15(9-7-13)28(25,26)21-11-18(23)22-20-10-14-12-27-17-5-3-2-4-16(17)19(14)24/h2-10,12,21H,11H2,1H3,(H,22,23). The summed E-state index contributed by atoms with van der Waals surface area (Å²) in [6, 6.07) is 13.0. The van der Waals surface area contributed by atoms with Crippen molar-refractivity contribution in [1.29, 1.82) is 0 Å². The Kier molecular flexibility index (Phi) is 5.67. The molecule has 0 aliphatic rings. The van der Waals surface area contributed by atoms with Crippen molar-refractivity contribution in [3.63, 3.8) is 0 Å². The fraction of sp³-hybridized carbons (Fsp3) is 0.105. The molecule has 1 amide bonds. The Balaban J connectivity index is 1.61. The summed E-state index contributed by atoms with van der Waals surface area (Å²) in [6.07, 6.45) is 2.38. The van der Waals surface area contributed by atoms with Crippen LogP contribution in [0.4, 0.5) is 0 Å². The highest BCUT2D eigenvalue weighted by molar-refractivity contribution is 7.89. The number of hydrogen-bond donors (Lipinski definition) is 2. The summed E-state index contributed by atoms with van der Waals surface area (Å²) in [5.41, 5.74) is 3.39. The van der Waals surface area contributed by atoms with Gasteiger partial charge in [-0.1, -0.05) is 29.8 Å². The summed E-state index contributed by atoms with van der Waals surface area (Å²) >= 11 is 0. The zero-order valence-electron chi connectivity index (χ0n) is 14.9. The predicted molar refractivity (Wildman–Crippen MR) is 105 cm³/mol. The van der Waals surface area contributed by atoms with Crippen LogP contribution in [0.3, 0.4) is 0 Å². The van der Waals surface area contributed by atoms with Crippen LogP contribution in [-0.2, 0) is 14.8 Å². The van der Waals surface area contributed by atoms with Gasteiger partial charge in [-0.15, -0.1) is 0 Å². The quantitative estimate of drug-likeness (QED) is 0.481. The van der Waals surface area contributed by atoms with Gasteiger partial charge in [-0.2, -0.15) is 5.10 Å². The molecule has 0 atom stereocenters. The first-order valence-electron chi connectivity index (χ1n) is 8.25. The molecule has 2 N–H and O–H groups in total.